The third-order valence-electron chi connectivity index (χ3n) is 5.91. The Morgan fingerprint density at radius 3 is 2.29 bits per heavy atom. The van der Waals surface area contributed by atoms with Gasteiger partial charge in [-0.2, -0.15) is 5.10 Å². The van der Waals surface area contributed by atoms with Crippen LogP contribution in [0.15, 0.2) is 40.1 Å². The molecule has 0 spiro atoms. The summed E-state index contributed by atoms with van der Waals surface area (Å²) < 4.78 is 28.5. The van der Waals surface area contributed by atoms with E-state index in [0.717, 1.165) is 23.5 Å². The summed E-state index contributed by atoms with van der Waals surface area (Å²) in [6, 6.07) is 8.38. The number of sulfone groups is 1. The lowest BCUT2D eigenvalue weighted by atomic mass is 10.1. The molecule has 3 rings (SSSR count). The van der Waals surface area contributed by atoms with Crippen LogP contribution in [0.3, 0.4) is 0 Å². The average molecular weight is 508 g/mol. The minimum absolute atomic E-state index is 0. The topological polar surface area (TPSA) is 87.9 Å². The number of likely N-dealkylation sites (N-methyl/N-ethyl adjacent to an activating group) is 2. The second-order valence-corrected chi connectivity index (χ2v) is 10.4. The summed E-state index contributed by atoms with van der Waals surface area (Å²) >= 11 is 0. The molecule has 0 unspecified atom stereocenters. The van der Waals surface area contributed by atoms with Crippen molar-refractivity contribution < 1.29 is 13.2 Å². The van der Waals surface area contributed by atoms with Gasteiger partial charge in [-0.1, -0.05) is 25.1 Å². The Hall–Kier alpha value is -2.49. The number of hydrogen-bond donors (Lipinski definition) is 0. The number of fused-ring (bicyclic) bond motifs is 1. The van der Waals surface area contributed by atoms with Crippen LogP contribution in [0.2, 0.25) is 0 Å². The zero-order chi connectivity index (χ0) is 24.3. The van der Waals surface area contributed by atoms with Crippen molar-refractivity contribution in [3.8, 4) is 0 Å². The van der Waals surface area contributed by atoms with Gasteiger partial charge in [-0.05, 0) is 58.5 Å². The molecule has 0 bridgehead atoms. The molecule has 2 aromatic heterocycles. The van der Waals surface area contributed by atoms with E-state index in [1.54, 1.807) is 39.7 Å². The van der Waals surface area contributed by atoms with E-state index in [0.29, 0.717) is 37.1 Å². The van der Waals surface area contributed by atoms with Crippen LogP contribution in [-0.2, 0) is 27.5 Å². The molecule has 8 nitrogen and oxygen atoms in total. The second kappa shape index (κ2) is 11.3. The Balaban J connectivity index is 0.00000408. The molecular formula is C24H34ClN5O3S. The average Bonchev–Trinajstić information content (AvgIpc) is 3.17. The van der Waals surface area contributed by atoms with Gasteiger partial charge in [0.15, 0.2) is 5.65 Å². The molecule has 0 N–H and O–H groups in total. The Bertz CT molecular complexity index is 1260. The van der Waals surface area contributed by atoms with Crippen LogP contribution in [0.5, 0.6) is 0 Å². The van der Waals surface area contributed by atoms with Gasteiger partial charge in [0, 0.05) is 37.9 Å². The highest BCUT2D eigenvalue weighted by Crippen LogP contribution is 2.29. The maximum atomic E-state index is 13.4. The summed E-state index contributed by atoms with van der Waals surface area (Å²) in [7, 11) is 2.00. The number of hydrogen-bond acceptors (Lipinski definition) is 6. The summed E-state index contributed by atoms with van der Waals surface area (Å²) in [4.78, 5) is 21.4. The van der Waals surface area contributed by atoms with Gasteiger partial charge >= 0.3 is 0 Å². The molecule has 34 heavy (non-hydrogen) atoms. The van der Waals surface area contributed by atoms with E-state index in [-0.39, 0.29) is 28.1 Å². The van der Waals surface area contributed by atoms with Gasteiger partial charge < -0.3 is 9.80 Å². The Morgan fingerprint density at radius 1 is 1.06 bits per heavy atom. The smallest absolute Gasteiger partial charge is 0.222 e. The van der Waals surface area contributed by atoms with Crippen LogP contribution in [0.25, 0.3) is 5.65 Å². The number of rotatable bonds is 9. The SMILES string of the molecule is CCc1nn2c(C)c(CCC(=O)N(C)CCN(C)C)c(C)nc2c1S(=O)(=O)c1ccccc1.Cl. The largest absolute Gasteiger partial charge is 0.344 e. The van der Waals surface area contributed by atoms with Crippen LogP contribution < -0.4 is 0 Å². The van der Waals surface area contributed by atoms with Gasteiger partial charge in [0.25, 0.3) is 0 Å². The van der Waals surface area contributed by atoms with Crippen LogP contribution in [0.1, 0.15) is 36.0 Å². The Kier molecular flexibility index (Phi) is 9.22. The summed E-state index contributed by atoms with van der Waals surface area (Å²) in [5.74, 6) is 0.0674. The number of nitrogens with zero attached hydrogens (tertiary/aromatic N) is 5. The van der Waals surface area contributed by atoms with Crippen molar-refractivity contribution in [3.05, 3.63) is 53.0 Å². The molecule has 0 atom stereocenters. The molecule has 0 aliphatic heterocycles. The van der Waals surface area contributed by atoms with Crippen molar-refractivity contribution >= 4 is 33.8 Å². The minimum Gasteiger partial charge on any atom is -0.344 e. The fraction of sp³-hybridized carbons (Fsp3) is 0.458. The summed E-state index contributed by atoms with van der Waals surface area (Å²) in [6.07, 6.45) is 1.34. The number of carbonyl (C=O) groups excluding carboxylic acids is 1. The quantitative estimate of drug-likeness (QED) is 0.442. The normalized spacial score (nSPS) is 11.6. The number of aromatic nitrogens is 3. The van der Waals surface area contributed by atoms with Gasteiger partial charge in [-0.15, -0.1) is 12.4 Å². The van der Waals surface area contributed by atoms with E-state index in [2.05, 4.69) is 10.1 Å². The summed E-state index contributed by atoms with van der Waals surface area (Å²) in [5.41, 5.74) is 3.28. The van der Waals surface area contributed by atoms with Crippen molar-refractivity contribution in [2.24, 2.45) is 0 Å². The van der Waals surface area contributed by atoms with E-state index in [1.165, 1.54) is 0 Å². The van der Waals surface area contributed by atoms with Crippen molar-refractivity contribution in [2.45, 2.75) is 49.8 Å². The number of carbonyl (C=O) groups is 1. The first-order valence-corrected chi connectivity index (χ1v) is 12.6. The zero-order valence-electron chi connectivity index (χ0n) is 20.7. The maximum Gasteiger partial charge on any atom is 0.222 e. The molecule has 1 aromatic carbocycles. The predicted octanol–water partition coefficient (Wildman–Crippen LogP) is 3.12. The monoisotopic (exact) mass is 507 g/mol. The Labute approximate surface area is 208 Å². The van der Waals surface area contributed by atoms with Gasteiger partial charge in [0.05, 0.1) is 10.6 Å². The molecule has 0 radical (unpaired) electrons. The van der Waals surface area contributed by atoms with E-state index in [9.17, 15) is 13.2 Å². The predicted molar refractivity (Wildman–Crippen MR) is 135 cm³/mol. The number of halogens is 1. The van der Waals surface area contributed by atoms with Gasteiger partial charge in [-0.3, -0.25) is 4.79 Å². The van der Waals surface area contributed by atoms with Crippen LogP contribution in [0, 0.1) is 13.8 Å². The number of aryl methyl sites for hydroxylation is 3. The van der Waals surface area contributed by atoms with E-state index in [1.807, 2.05) is 46.8 Å². The molecule has 0 aliphatic carbocycles. The highest BCUT2D eigenvalue weighted by molar-refractivity contribution is 7.91. The van der Waals surface area contributed by atoms with Crippen molar-refractivity contribution in [2.75, 3.05) is 34.2 Å². The molecule has 1 amide bonds. The highest BCUT2D eigenvalue weighted by Gasteiger charge is 2.29. The second-order valence-electron chi connectivity index (χ2n) is 8.56. The van der Waals surface area contributed by atoms with Crippen molar-refractivity contribution in [1.82, 2.24) is 24.4 Å². The molecule has 0 fully saturated rings. The van der Waals surface area contributed by atoms with Crippen molar-refractivity contribution in [3.63, 3.8) is 0 Å². The number of benzene rings is 1. The Morgan fingerprint density at radius 2 is 1.71 bits per heavy atom. The van der Waals surface area contributed by atoms with Crippen molar-refractivity contribution in [1.29, 1.82) is 0 Å². The third-order valence-corrected chi connectivity index (χ3v) is 7.75. The molecular weight excluding hydrogens is 474 g/mol. The molecule has 2 heterocycles. The molecule has 0 aliphatic rings. The lowest BCUT2D eigenvalue weighted by Crippen LogP contribution is -2.33. The standard InChI is InChI=1S/C24H33N5O3S.ClH/c1-7-21-23(33(31,32)19-11-9-8-10-12-19)24-25-17(2)20(18(3)29(24)26-21)13-14-22(30)28(6)16-15-27(4)5;/h8-12H,7,13-16H2,1-6H3;1H. The molecule has 0 saturated heterocycles. The van der Waals surface area contributed by atoms with E-state index >= 15 is 0 Å². The molecule has 10 heteroatoms. The summed E-state index contributed by atoms with van der Waals surface area (Å²) in [5, 5.41) is 4.61. The first-order chi connectivity index (χ1) is 15.6. The first kappa shape index (κ1) is 27.8. The fourth-order valence-corrected chi connectivity index (χ4v) is 5.49. The van der Waals surface area contributed by atoms with Gasteiger partial charge in [-0.25, -0.2) is 17.9 Å². The number of amides is 1. The molecule has 0 saturated carbocycles. The summed E-state index contributed by atoms with van der Waals surface area (Å²) in [6.45, 7) is 7.13. The van der Waals surface area contributed by atoms with E-state index in [4.69, 9.17) is 0 Å². The zero-order valence-corrected chi connectivity index (χ0v) is 22.3. The highest BCUT2D eigenvalue weighted by atomic mass is 35.5. The lowest BCUT2D eigenvalue weighted by Gasteiger charge is -2.20. The van der Waals surface area contributed by atoms with Crippen LogP contribution in [-0.4, -0.2) is 73.0 Å². The van der Waals surface area contributed by atoms with Crippen LogP contribution in [0.4, 0.5) is 0 Å². The van der Waals surface area contributed by atoms with Crippen LogP contribution >= 0.6 is 12.4 Å². The molecule has 3 aromatic rings. The van der Waals surface area contributed by atoms with Gasteiger partial charge in [0.1, 0.15) is 4.90 Å². The molecule has 186 valence electrons. The maximum absolute atomic E-state index is 13.4. The lowest BCUT2D eigenvalue weighted by molar-refractivity contribution is -0.130. The van der Waals surface area contributed by atoms with E-state index < -0.39 is 9.84 Å². The minimum atomic E-state index is -3.77. The third kappa shape index (κ3) is 5.59. The fourth-order valence-electron chi connectivity index (χ4n) is 3.87. The first-order valence-electron chi connectivity index (χ1n) is 11.1. The van der Waals surface area contributed by atoms with Gasteiger partial charge in [0.2, 0.25) is 15.7 Å².